The summed E-state index contributed by atoms with van der Waals surface area (Å²) in [6.45, 7) is 7.12. The Bertz CT molecular complexity index is 587. The SMILES string of the molecule is CC(C)(CCOC1OC2(O)C(CO)C(O)C(O)C12)CC(C)(C)NC(=O)C(N)CO. The summed E-state index contributed by atoms with van der Waals surface area (Å²) in [7, 11) is 0. The van der Waals surface area contributed by atoms with E-state index in [1.54, 1.807) is 0 Å². The Labute approximate surface area is 171 Å². The molecule has 7 atom stereocenters. The number of fused-ring (bicyclic) bond motifs is 1. The maximum Gasteiger partial charge on any atom is 0.239 e. The lowest BCUT2D eigenvalue weighted by Crippen LogP contribution is -2.63. The van der Waals surface area contributed by atoms with Crippen LogP contribution < -0.4 is 11.1 Å². The first-order chi connectivity index (χ1) is 13.3. The molecule has 2 fully saturated rings. The molecule has 2 rings (SSSR count). The second-order valence-corrected chi connectivity index (χ2v) is 9.66. The van der Waals surface area contributed by atoms with Gasteiger partial charge in [0.2, 0.25) is 5.91 Å². The van der Waals surface area contributed by atoms with Crippen LogP contribution in [-0.4, -0.2) is 87.1 Å². The predicted octanol–water partition coefficient (Wildman–Crippen LogP) is -1.97. The summed E-state index contributed by atoms with van der Waals surface area (Å²) in [5.74, 6) is -4.01. The summed E-state index contributed by atoms with van der Waals surface area (Å²) in [4.78, 5) is 11.9. The lowest BCUT2D eigenvalue weighted by molar-refractivity contribution is -0.438. The third-order valence-corrected chi connectivity index (χ3v) is 5.91. The van der Waals surface area contributed by atoms with E-state index in [2.05, 4.69) is 5.32 Å². The average molecular weight is 421 g/mol. The van der Waals surface area contributed by atoms with Crippen molar-refractivity contribution >= 4 is 5.91 Å². The van der Waals surface area contributed by atoms with Crippen LogP contribution in [0.4, 0.5) is 0 Å². The van der Waals surface area contributed by atoms with Crippen molar-refractivity contribution < 1.29 is 39.8 Å². The van der Waals surface area contributed by atoms with Gasteiger partial charge >= 0.3 is 0 Å². The Morgan fingerprint density at radius 3 is 2.41 bits per heavy atom. The van der Waals surface area contributed by atoms with Crippen molar-refractivity contribution in [2.24, 2.45) is 23.0 Å². The van der Waals surface area contributed by atoms with Crippen LogP contribution >= 0.6 is 0 Å². The molecule has 1 aliphatic heterocycles. The number of aliphatic hydroxyl groups excluding tert-OH is 4. The van der Waals surface area contributed by atoms with Crippen LogP contribution in [-0.2, 0) is 14.3 Å². The number of amides is 1. The van der Waals surface area contributed by atoms with E-state index in [1.165, 1.54) is 0 Å². The molecule has 10 heteroatoms. The van der Waals surface area contributed by atoms with Crippen molar-refractivity contribution in [1.82, 2.24) is 5.32 Å². The summed E-state index contributed by atoms with van der Waals surface area (Å²) >= 11 is 0. The highest BCUT2D eigenvalue weighted by atomic mass is 16.8. The summed E-state index contributed by atoms with van der Waals surface area (Å²) in [5.41, 5.74) is 4.76. The second kappa shape index (κ2) is 8.72. The molecule has 8 N–H and O–H groups in total. The molecule has 1 saturated carbocycles. The smallest absolute Gasteiger partial charge is 0.239 e. The van der Waals surface area contributed by atoms with Crippen LogP contribution in [0.3, 0.4) is 0 Å². The van der Waals surface area contributed by atoms with E-state index in [0.717, 1.165) is 0 Å². The molecular formula is C19H36N2O8. The molecule has 0 aromatic heterocycles. The Balaban J connectivity index is 1.83. The molecule has 0 spiro atoms. The Hall–Kier alpha value is -0.850. The fraction of sp³-hybridized carbons (Fsp3) is 0.947. The molecule has 0 bridgehead atoms. The van der Waals surface area contributed by atoms with Gasteiger partial charge in [-0.05, 0) is 32.1 Å². The van der Waals surface area contributed by atoms with Gasteiger partial charge in [0.05, 0.1) is 43.9 Å². The predicted molar refractivity (Wildman–Crippen MR) is 102 cm³/mol. The van der Waals surface area contributed by atoms with Crippen molar-refractivity contribution in [3.63, 3.8) is 0 Å². The summed E-state index contributed by atoms with van der Waals surface area (Å²) < 4.78 is 11.0. The topological polar surface area (TPSA) is 175 Å². The minimum absolute atomic E-state index is 0.235. The van der Waals surface area contributed by atoms with Gasteiger partial charge in [-0.25, -0.2) is 0 Å². The number of nitrogens with two attached hydrogens (primary N) is 1. The van der Waals surface area contributed by atoms with Crippen LogP contribution in [0.25, 0.3) is 0 Å². The normalized spacial score (nSPS) is 35.7. The van der Waals surface area contributed by atoms with Gasteiger partial charge in [0.25, 0.3) is 0 Å². The van der Waals surface area contributed by atoms with Crippen molar-refractivity contribution in [3.05, 3.63) is 0 Å². The summed E-state index contributed by atoms with van der Waals surface area (Å²) in [6.07, 6.45) is -2.18. The van der Waals surface area contributed by atoms with Crippen LogP contribution in [0.1, 0.15) is 40.5 Å². The fourth-order valence-corrected chi connectivity index (χ4v) is 4.56. The average Bonchev–Trinajstić information content (AvgIpc) is 2.72. The van der Waals surface area contributed by atoms with Crippen LogP contribution in [0.2, 0.25) is 0 Å². The minimum Gasteiger partial charge on any atom is -0.396 e. The standard InChI is InChI=1S/C19H36N2O8/c1-17(2,9-18(3,4)21-15(26)11(20)8-23)5-6-28-16-12-14(25)13(24)10(7-22)19(12,27)29-16/h10-14,16,22-25,27H,5-9,20H2,1-4H3,(H,21,26). The molecule has 1 saturated heterocycles. The number of ether oxygens (including phenoxy) is 2. The van der Waals surface area contributed by atoms with Gasteiger partial charge in [-0.3, -0.25) is 4.79 Å². The summed E-state index contributed by atoms with van der Waals surface area (Å²) in [6, 6.07) is -0.967. The molecule has 1 aliphatic carbocycles. The first-order valence-electron chi connectivity index (χ1n) is 9.95. The van der Waals surface area contributed by atoms with Crippen LogP contribution in [0.15, 0.2) is 0 Å². The van der Waals surface area contributed by atoms with Crippen molar-refractivity contribution in [2.75, 3.05) is 19.8 Å². The molecule has 0 aromatic rings. The van der Waals surface area contributed by atoms with E-state index >= 15 is 0 Å². The van der Waals surface area contributed by atoms with Gasteiger partial charge in [0.1, 0.15) is 6.04 Å². The monoisotopic (exact) mass is 420 g/mol. The van der Waals surface area contributed by atoms with Gasteiger partial charge in [-0.15, -0.1) is 0 Å². The molecule has 1 heterocycles. The Kier molecular flexibility index (Phi) is 7.34. The number of carbonyl (C=O) groups is 1. The number of hydrogen-bond acceptors (Lipinski definition) is 9. The maximum absolute atomic E-state index is 11.9. The van der Waals surface area contributed by atoms with Crippen LogP contribution in [0, 0.1) is 17.3 Å². The molecule has 2 aliphatic rings. The largest absolute Gasteiger partial charge is 0.396 e. The van der Waals surface area contributed by atoms with Crippen molar-refractivity contribution in [3.8, 4) is 0 Å². The number of aliphatic hydroxyl groups is 5. The zero-order valence-electron chi connectivity index (χ0n) is 17.5. The van der Waals surface area contributed by atoms with Gasteiger partial charge in [0.15, 0.2) is 12.1 Å². The van der Waals surface area contributed by atoms with E-state index < -0.39 is 66.8 Å². The third-order valence-electron chi connectivity index (χ3n) is 5.91. The van der Waals surface area contributed by atoms with Gasteiger partial charge in [0, 0.05) is 5.54 Å². The highest BCUT2D eigenvalue weighted by molar-refractivity contribution is 5.82. The zero-order valence-corrected chi connectivity index (χ0v) is 17.5. The van der Waals surface area contributed by atoms with E-state index in [9.17, 15) is 25.2 Å². The highest BCUT2D eigenvalue weighted by Crippen LogP contribution is 2.53. The minimum atomic E-state index is -1.79. The zero-order chi connectivity index (χ0) is 22.2. The molecular weight excluding hydrogens is 384 g/mol. The number of carbonyl (C=O) groups excluding carboxylic acids is 1. The van der Waals surface area contributed by atoms with Crippen molar-refractivity contribution in [1.29, 1.82) is 0 Å². The van der Waals surface area contributed by atoms with Crippen molar-refractivity contribution in [2.45, 2.75) is 76.4 Å². The first-order valence-corrected chi connectivity index (χ1v) is 9.95. The summed E-state index contributed by atoms with van der Waals surface area (Å²) in [5, 5.41) is 51.7. The number of hydrogen-bond donors (Lipinski definition) is 7. The van der Waals surface area contributed by atoms with E-state index in [-0.39, 0.29) is 12.0 Å². The Morgan fingerprint density at radius 1 is 1.24 bits per heavy atom. The van der Waals surface area contributed by atoms with E-state index in [1.807, 2.05) is 27.7 Å². The number of nitrogens with one attached hydrogen (secondary N) is 1. The lowest BCUT2D eigenvalue weighted by Gasteiger charge is -2.49. The number of rotatable bonds is 10. The van der Waals surface area contributed by atoms with E-state index in [0.29, 0.717) is 12.8 Å². The highest BCUT2D eigenvalue weighted by Gasteiger charge is 2.71. The lowest BCUT2D eigenvalue weighted by atomic mass is 9.78. The third kappa shape index (κ3) is 5.08. The van der Waals surface area contributed by atoms with Crippen LogP contribution in [0.5, 0.6) is 0 Å². The molecule has 29 heavy (non-hydrogen) atoms. The molecule has 0 aromatic carbocycles. The van der Waals surface area contributed by atoms with Gasteiger partial charge in [-0.2, -0.15) is 0 Å². The molecule has 10 nitrogen and oxygen atoms in total. The van der Waals surface area contributed by atoms with Gasteiger partial charge < -0.3 is 46.1 Å². The molecule has 1 amide bonds. The maximum atomic E-state index is 11.9. The fourth-order valence-electron chi connectivity index (χ4n) is 4.56. The van der Waals surface area contributed by atoms with E-state index in [4.69, 9.17) is 20.3 Å². The molecule has 0 radical (unpaired) electrons. The second-order valence-electron chi connectivity index (χ2n) is 9.66. The Morgan fingerprint density at radius 2 is 1.86 bits per heavy atom. The molecule has 7 unspecified atom stereocenters. The first kappa shape index (κ1) is 24.4. The quantitative estimate of drug-likeness (QED) is 0.211. The molecule has 170 valence electrons. The van der Waals surface area contributed by atoms with Gasteiger partial charge in [-0.1, -0.05) is 13.8 Å².